The summed E-state index contributed by atoms with van der Waals surface area (Å²) < 4.78 is 6.83. The SMILES string of the molecule is O=C(Cc1ccc(Br)cc1)N/N=C/c1cc(Cl)ccc1OCc1ccc(Cl)c(Cl)c1. The first-order valence-corrected chi connectivity index (χ1v) is 10.8. The molecular formula is C22H16BrCl3N2O2. The first-order chi connectivity index (χ1) is 14.4. The van der Waals surface area contributed by atoms with Crippen LogP contribution in [-0.2, 0) is 17.8 Å². The third kappa shape index (κ3) is 6.74. The van der Waals surface area contributed by atoms with Crippen LogP contribution in [0.4, 0.5) is 0 Å². The molecule has 1 amide bonds. The van der Waals surface area contributed by atoms with E-state index in [1.807, 2.05) is 30.3 Å². The highest BCUT2D eigenvalue weighted by Crippen LogP contribution is 2.25. The molecule has 154 valence electrons. The molecule has 8 heteroatoms. The molecule has 0 atom stereocenters. The van der Waals surface area contributed by atoms with E-state index in [1.165, 1.54) is 6.21 Å². The maximum absolute atomic E-state index is 12.1. The van der Waals surface area contributed by atoms with Crippen molar-refractivity contribution in [3.05, 3.63) is 96.9 Å². The van der Waals surface area contributed by atoms with Crippen molar-refractivity contribution in [1.29, 1.82) is 0 Å². The number of hydrogen-bond donors (Lipinski definition) is 1. The van der Waals surface area contributed by atoms with Crippen molar-refractivity contribution in [2.24, 2.45) is 5.10 Å². The second kappa shape index (κ2) is 10.8. The quantitative estimate of drug-likeness (QED) is 0.276. The number of ether oxygens (including phenoxy) is 1. The smallest absolute Gasteiger partial charge is 0.244 e. The van der Waals surface area contributed by atoms with Gasteiger partial charge in [-0.05, 0) is 53.6 Å². The van der Waals surface area contributed by atoms with E-state index < -0.39 is 0 Å². The van der Waals surface area contributed by atoms with Crippen molar-refractivity contribution in [1.82, 2.24) is 5.43 Å². The molecule has 3 rings (SSSR count). The summed E-state index contributed by atoms with van der Waals surface area (Å²) in [6.45, 7) is 0.287. The molecule has 0 fully saturated rings. The van der Waals surface area contributed by atoms with Gasteiger partial charge in [0.25, 0.3) is 0 Å². The third-order valence-electron chi connectivity index (χ3n) is 4.02. The highest BCUT2D eigenvalue weighted by molar-refractivity contribution is 9.10. The Kier molecular flexibility index (Phi) is 8.16. The molecule has 0 saturated heterocycles. The lowest BCUT2D eigenvalue weighted by atomic mass is 10.1. The number of benzene rings is 3. The van der Waals surface area contributed by atoms with Crippen LogP contribution < -0.4 is 10.2 Å². The monoisotopic (exact) mass is 524 g/mol. The van der Waals surface area contributed by atoms with Crippen LogP contribution >= 0.6 is 50.7 Å². The summed E-state index contributed by atoms with van der Waals surface area (Å²) in [5.41, 5.74) is 4.90. The van der Waals surface area contributed by atoms with Crippen molar-refractivity contribution in [3.63, 3.8) is 0 Å². The van der Waals surface area contributed by atoms with Crippen LogP contribution in [0.3, 0.4) is 0 Å². The van der Waals surface area contributed by atoms with E-state index in [4.69, 9.17) is 39.5 Å². The van der Waals surface area contributed by atoms with Crippen LogP contribution in [0.15, 0.2) is 70.2 Å². The van der Waals surface area contributed by atoms with Gasteiger partial charge in [-0.2, -0.15) is 5.10 Å². The Labute approximate surface area is 197 Å². The van der Waals surface area contributed by atoms with Crippen molar-refractivity contribution in [2.75, 3.05) is 0 Å². The summed E-state index contributed by atoms with van der Waals surface area (Å²) in [6.07, 6.45) is 1.72. The van der Waals surface area contributed by atoms with Crippen molar-refractivity contribution in [2.45, 2.75) is 13.0 Å². The number of carbonyl (C=O) groups is 1. The average molecular weight is 527 g/mol. The summed E-state index contributed by atoms with van der Waals surface area (Å²) >= 11 is 21.4. The van der Waals surface area contributed by atoms with Crippen LogP contribution in [0.25, 0.3) is 0 Å². The Hall–Kier alpha value is -2.05. The van der Waals surface area contributed by atoms with Gasteiger partial charge < -0.3 is 4.74 Å². The van der Waals surface area contributed by atoms with Crippen LogP contribution in [0.5, 0.6) is 5.75 Å². The van der Waals surface area contributed by atoms with Gasteiger partial charge in [0.1, 0.15) is 12.4 Å². The number of halogens is 4. The number of hydrogen-bond acceptors (Lipinski definition) is 3. The first-order valence-electron chi connectivity index (χ1n) is 8.83. The van der Waals surface area contributed by atoms with Crippen LogP contribution in [-0.4, -0.2) is 12.1 Å². The zero-order chi connectivity index (χ0) is 21.5. The Morgan fingerprint density at radius 1 is 0.967 bits per heavy atom. The minimum atomic E-state index is -0.228. The lowest BCUT2D eigenvalue weighted by Crippen LogP contribution is -2.19. The van der Waals surface area contributed by atoms with Crippen molar-refractivity contribution < 1.29 is 9.53 Å². The second-order valence-corrected chi connectivity index (χ2v) is 8.48. The van der Waals surface area contributed by atoms with Gasteiger partial charge in [0.15, 0.2) is 0 Å². The van der Waals surface area contributed by atoms with Gasteiger partial charge in [0, 0.05) is 15.1 Å². The fourth-order valence-electron chi connectivity index (χ4n) is 2.54. The van der Waals surface area contributed by atoms with E-state index in [0.29, 0.717) is 26.4 Å². The largest absolute Gasteiger partial charge is 0.488 e. The number of rotatable bonds is 7. The molecule has 0 aliphatic heterocycles. The predicted octanol–water partition coefficient (Wildman–Crippen LogP) is 6.68. The Morgan fingerprint density at radius 2 is 1.70 bits per heavy atom. The Bertz CT molecular complexity index is 1070. The van der Waals surface area contributed by atoms with Crippen molar-refractivity contribution in [3.8, 4) is 5.75 Å². The summed E-state index contributed by atoms with van der Waals surface area (Å²) in [6, 6.07) is 18.0. The van der Waals surface area contributed by atoms with Gasteiger partial charge in [0.2, 0.25) is 5.91 Å². The number of nitrogens with zero attached hydrogens (tertiary/aromatic N) is 1. The number of amides is 1. The summed E-state index contributed by atoms with van der Waals surface area (Å²) in [5, 5.41) is 5.50. The van der Waals surface area contributed by atoms with E-state index in [1.54, 1.807) is 30.3 Å². The lowest BCUT2D eigenvalue weighted by molar-refractivity contribution is -0.120. The van der Waals surface area contributed by atoms with Gasteiger partial charge >= 0.3 is 0 Å². The van der Waals surface area contributed by atoms with Gasteiger partial charge in [0.05, 0.1) is 22.7 Å². The molecule has 3 aromatic carbocycles. The molecule has 0 unspecified atom stereocenters. The van der Waals surface area contributed by atoms with E-state index in [9.17, 15) is 4.79 Å². The molecule has 1 N–H and O–H groups in total. The fraction of sp³-hybridized carbons (Fsp3) is 0.0909. The second-order valence-electron chi connectivity index (χ2n) is 6.32. The van der Waals surface area contributed by atoms with Crippen LogP contribution in [0, 0.1) is 0 Å². The predicted molar refractivity (Wildman–Crippen MR) is 126 cm³/mol. The van der Waals surface area contributed by atoms with Gasteiger partial charge in [-0.3, -0.25) is 4.79 Å². The summed E-state index contributed by atoms with van der Waals surface area (Å²) in [5.74, 6) is 0.338. The van der Waals surface area contributed by atoms with Gasteiger partial charge in [-0.25, -0.2) is 5.43 Å². The topological polar surface area (TPSA) is 50.7 Å². The third-order valence-corrected chi connectivity index (χ3v) is 5.52. The average Bonchev–Trinajstić information content (AvgIpc) is 2.71. The van der Waals surface area contributed by atoms with Crippen LogP contribution in [0.2, 0.25) is 15.1 Å². The molecule has 0 spiro atoms. The highest BCUT2D eigenvalue weighted by atomic mass is 79.9. The molecule has 0 aromatic heterocycles. The summed E-state index contributed by atoms with van der Waals surface area (Å²) in [4.78, 5) is 12.1. The number of hydrazone groups is 1. The Morgan fingerprint density at radius 3 is 2.43 bits per heavy atom. The minimum Gasteiger partial charge on any atom is -0.488 e. The molecule has 0 aliphatic rings. The molecule has 0 aliphatic carbocycles. The van der Waals surface area contributed by atoms with E-state index in [0.717, 1.165) is 15.6 Å². The maximum Gasteiger partial charge on any atom is 0.244 e. The summed E-state index contributed by atoms with van der Waals surface area (Å²) in [7, 11) is 0. The molecule has 4 nitrogen and oxygen atoms in total. The zero-order valence-corrected chi connectivity index (χ0v) is 19.4. The number of nitrogens with one attached hydrogen (secondary N) is 1. The maximum atomic E-state index is 12.1. The van der Waals surface area contributed by atoms with Crippen molar-refractivity contribution >= 4 is 62.9 Å². The molecule has 30 heavy (non-hydrogen) atoms. The standard InChI is InChI=1S/C22H16BrCl3N2O2/c23-17-4-1-14(2-5-17)10-22(29)28-27-12-16-11-18(24)6-8-21(16)30-13-15-3-7-19(25)20(26)9-15/h1-9,11-12H,10,13H2,(H,28,29)/b27-12+. The normalized spacial score (nSPS) is 10.9. The Balaban J connectivity index is 1.63. The van der Waals surface area contributed by atoms with Gasteiger partial charge in [-0.1, -0.05) is 68.9 Å². The highest BCUT2D eigenvalue weighted by Gasteiger charge is 2.06. The first kappa shape index (κ1) is 22.6. The van der Waals surface area contributed by atoms with E-state index >= 15 is 0 Å². The minimum absolute atomic E-state index is 0.223. The molecular weight excluding hydrogens is 511 g/mol. The molecule has 0 bridgehead atoms. The number of carbonyl (C=O) groups excluding carboxylic acids is 1. The van der Waals surface area contributed by atoms with E-state index in [2.05, 4.69) is 26.5 Å². The lowest BCUT2D eigenvalue weighted by Gasteiger charge is -2.10. The molecule has 3 aromatic rings. The fourth-order valence-corrected chi connectivity index (χ4v) is 3.31. The molecule has 0 heterocycles. The molecule has 0 radical (unpaired) electrons. The van der Waals surface area contributed by atoms with Crippen LogP contribution in [0.1, 0.15) is 16.7 Å². The van der Waals surface area contributed by atoms with Gasteiger partial charge in [-0.15, -0.1) is 0 Å². The molecule has 0 saturated carbocycles. The zero-order valence-electron chi connectivity index (χ0n) is 15.5. The van der Waals surface area contributed by atoms with E-state index in [-0.39, 0.29) is 18.9 Å².